The summed E-state index contributed by atoms with van der Waals surface area (Å²) in [7, 11) is 0. The fourth-order valence-electron chi connectivity index (χ4n) is 1.79. The van der Waals surface area contributed by atoms with E-state index >= 15 is 0 Å². The monoisotopic (exact) mass is 169 g/mol. The Bertz CT molecular complexity index is 148. The van der Waals surface area contributed by atoms with Crippen molar-refractivity contribution in [3.63, 3.8) is 0 Å². The molecule has 0 aromatic rings. The maximum Gasteiger partial charge on any atom is 0.0698 e. The lowest BCUT2D eigenvalue weighted by Crippen LogP contribution is -2.24. The number of hydrogen-bond donors (Lipinski definition) is 0. The van der Waals surface area contributed by atoms with Gasteiger partial charge in [-0.15, -0.1) is 0 Å². The standard InChI is InChI=1S/C9H15NS/c1-11-8-9(7-10)5-3-2-4-6-9/h2-6,8H2,1H3. The Labute approximate surface area is 73.2 Å². The van der Waals surface area contributed by atoms with Crippen molar-refractivity contribution in [1.82, 2.24) is 0 Å². The zero-order valence-corrected chi connectivity index (χ0v) is 7.91. The van der Waals surface area contributed by atoms with E-state index in [0.29, 0.717) is 0 Å². The Morgan fingerprint density at radius 3 is 2.45 bits per heavy atom. The minimum absolute atomic E-state index is 0.0394. The smallest absolute Gasteiger partial charge is 0.0698 e. The predicted molar refractivity (Wildman–Crippen MR) is 49.5 cm³/mol. The van der Waals surface area contributed by atoms with E-state index in [-0.39, 0.29) is 5.41 Å². The molecule has 1 rings (SSSR count). The summed E-state index contributed by atoms with van der Waals surface area (Å²) in [5.74, 6) is 1.03. The second-order valence-electron chi connectivity index (χ2n) is 3.39. The molecule has 1 aliphatic carbocycles. The van der Waals surface area contributed by atoms with Crippen molar-refractivity contribution in [2.75, 3.05) is 12.0 Å². The lowest BCUT2D eigenvalue weighted by molar-refractivity contribution is 0.303. The molecule has 0 aliphatic heterocycles. The molecule has 0 aromatic heterocycles. The summed E-state index contributed by atoms with van der Waals surface area (Å²) in [6, 6.07) is 2.50. The summed E-state index contributed by atoms with van der Waals surface area (Å²) in [6.07, 6.45) is 8.20. The third-order valence-electron chi connectivity index (χ3n) is 2.47. The Morgan fingerprint density at radius 2 is 2.00 bits per heavy atom. The Kier molecular flexibility index (Phi) is 3.26. The summed E-state index contributed by atoms with van der Waals surface area (Å²) >= 11 is 1.81. The van der Waals surface area contributed by atoms with Gasteiger partial charge in [0, 0.05) is 5.75 Å². The van der Waals surface area contributed by atoms with Crippen LogP contribution in [0.15, 0.2) is 0 Å². The highest BCUT2D eigenvalue weighted by Crippen LogP contribution is 2.37. The van der Waals surface area contributed by atoms with Crippen LogP contribution in [-0.2, 0) is 0 Å². The first-order valence-corrected chi connectivity index (χ1v) is 5.63. The van der Waals surface area contributed by atoms with Gasteiger partial charge in [-0.05, 0) is 19.1 Å². The van der Waals surface area contributed by atoms with Gasteiger partial charge in [-0.3, -0.25) is 0 Å². The van der Waals surface area contributed by atoms with E-state index in [1.165, 1.54) is 19.3 Å². The number of thioether (sulfide) groups is 1. The number of nitrogens with zero attached hydrogens (tertiary/aromatic N) is 1. The average molecular weight is 169 g/mol. The van der Waals surface area contributed by atoms with E-state index in [9.17, 15) is 0 Å². The van der Waals surface area contributed by atoms with Gasteiger partial charge in [0.25, 0.3) is 0 Å². The van der Waals surface area contributed by atoms with Crippen LogP contribution in [0.3, 0.4) is 0 Å². The molecule has 0 unspecified atom stereocenters. The van der Waals surface area contributed by atoms with Gasteiger partial charge in [-0.2, -0.15) is 17.0 Å². The second-order valence-corrected chi connectivity index (χ2v) is 4.25. The first kappa shape index (κ1) is 8.93. The van der Waals surface area contributed by atoms with Gasteiger partial charge >= 0.3 is 0 Å². The molecule has 0 bridgehead atoms. The zero-order chi connectivity index (χ0) is 8.16. The molecule has 62 valence electrons. The molecule has 0 aromatic carbocycles. The van der Waals surface area contributed by atoms with Gasteiger partial charge in [0.1, 0.15) is 0 Å². The first-order valence-electron chi connectivity index (χ1n) is 4.23. The van der Waals surface area contributed by atoms with Crippen molar-refractivity contribution < 1.29 is 0 Å². The molecule has 1 fully saturated rings. The Morgan fingerprint density at radius 1 is 1.36 bits per heavy atom. The highest BCUT2D eigenvalue weighted by Gasteiger charge is 2.30. The van der Waals surface area contributed by atoms with Crippen molar-refractivity contribution in [3.05, 3.63) is 0 Å². The third kappa shape index (κ3) is 2.13. The number of rotatable bonds is 2. The van der Waals surface area contributed by atoms with E-state index in [4.69, 9.17) is 5.26 Å². The Balaban J connectivity index is 2.51. The average Bonchev–Trinajstić information content (AvgIpc) is 2.07. The topological polar surface area (TPSA) is 23.8 Å². The molecule has 0 spiro atoms. The molecule has 11 heavy (non-hydrogen) atoms. The molecule has 1 nitrogen and oxygen atoms in total. The van der Waals surface area contributed by atoms with Crippen LogP contribution in [0.4, 0.5) is 0 Å². The van der Waals surface area contributed by atoms with Gasteiger partial charge in [0.15, 0.2) is 0 Å². The predicted octanol–water partition coefficient (Wildman–Crippen LogP) is 2.82. The van der Waals surface area contributed by atoms with E-state index in [2.05, 4.69) is 12.3 Å². The van der Waals surface area contributed by atoms with Crippen molar-refractivity contribution >= 4 is 11.8 Å². The van der Waals surface area contributed by atoms with E-state index in [0.717, 1.165) is 18.6 Å². The van der Waals surface area contributed by atoms with Gasteiger partial charge in [0.05, 0.1) is 11.5 Å². The molecule has 1 aliphatic rings. The molecule has 0 saturated heterocycles. The molecule has 0 heterocycles. The molecule has 0 atom stereocenters. The second kappa shape index (κ2) is 4.01. The molecule has 2 heteroatoms. The van der Waals surface area contributed by atoms with Gasteiger partial charge < -0.3 is 0 Å². The summed E-state index contributed by atoms with van der Waals surface area (Å²) in [4.78, 5) is 0. The molecular weight excluding hydrogens is 154 g/mol. The highest BCUT2D eigenvalue weighted by molar-refractivity contribution is 7.98. The summed E-state index contributed by atoms with van der Waals surface area (Å²) in [5, 5.41) is 9.01. The maximum absolute atomic E-state index is 9.01. The van der Waals surface area contributed by atoms with Crippen LogP contribution in [0.2, 0.25) is 0 Å². The van der Waals surface area contributed by atoms with Gasteiger partial charge in [-0.25, -0.2) is 0 Å². The molecule has 0 N–H and O–H groups in total. The van der Waals surface area contributed by atoms with Crippen LogP contribution >= 0.6 is 11.8 Å². The molecule has 1 saturated carbocycles. The van der Waals surface area contributed by atoms with Crippen molar-refractivity contribution in [3.8, 4) is 6.07 Å². The van der Waals surface area contributed by atoms with Crippen LogP contribution in [0.1, 0.15) is 32.1 Å². The summed E-state index contributed by atoms with van der Waals surface area (Å²) < 4.78 is 0. The van der Waals surface area contributed by atoms with Gasteiger partial charge in [0.2, 0.25) is 0 Å². The van der Waals surface area contributed by atoms with Crippen molar-refractivity contribution in [1.29, 1.82) is 5.26 Å². The number of hydrogen-bond acceptors (Lipinski definition) is 2. The van der Waals surface area contributed by atoms with E-state index in [1.54, 1.807) is 0 Å². The van der Waals surface area contributed by atoms with Gasteiger partial charge in [-0.1, -0.05) is 19.3 Å². The van der Waals surface area contributed by atoms with Crippen LogP contribution in [-0.4, -0.2) is 12.0 Å². The first-order chi connectivity index (χ1) is 5.33. The van der Waals surface area contributed by atoms with Crippen LogP contribution in [0.5, 0.6) is 0 Å². The molecule has 0 radical (unpaired) electrons. The largest absolute Gasteiger partial charge is 0.198 e. The fraction of sp³-hybridized carbons (Fsp3) is 0.889. The van der Waals surface area contributed by atoms with E-state index in [1.807, 2.05) is 11.8 Å². The SMILES string of the molecule is CSCC1(C#N)CCCCC1. The lowest BCUT2D eigenvalue weighted by atomic mass is 9.77. The lowest BCUT2D eigenvalue weighted by Gasteiger charge is -2.29. The third-order valence-corrected chi connectivity index (χ3v) is 3.31. The Hall–Kier alpha value is -0.160. The quantitative estimate of drug-likeness (QED) is 0.634. The van der Waals surface area contributed by atoms with Crippen LogP contribution < -0.4 is 0 Å². The van der Waals surface area contributed by atoms with Crippen molar-refractivity contribution in [2.45, 2.75) is 32.1 Å². The maximum atomic E-state index is 9.01. The minimum Gasteiger partial charge on any atom is -0.198 e. The van der Waals surface area contributed by atoms with Crippen LogP contribution in [0.25, 0.3) is 0 Å². The summed E-state index contributed by atoms with van der Waals surface area (Å²) in [5.41, 5.74) is 0.0394. The minimum atomic E-state index is 0.0394. The normalized spacial score (nSPS) is 22.5. The van der Waals surface area contributed by atoms with Crippen molar-refractivity contribution in [2.24, 2.45) is 5.41 Å². The molecule has 0 amide bonds. The van der Waals surface area contributed by atoms with E-state index < -0.39 is 0 Å². The van der Waals surface area contributed by atoms with Crippen LogP contribution in [0, 0.1) is 16.7 Å². The highest BCUT2D eigenvalue weighted by atomic mass is 32.2. The zero-order valence-electron chi connectivity index (χ0n) is 7.10. The summed E-state index contributed by atoms with van der Waals surface area (Å²) in [6.45, 7) is 0. The fourth-order valence-corrected chi connectivity index (χ4v) is 2.70. The number of nitriles is 1. The molecular formula is C9H15NS.